The van der Waals surface area contributed by atoms with Crippen molar-refractivity contribution in [1.29, 1.82) is 0 Å². The second kappa shape index (κ2) is 6.37. The molecule has 0 radical (unpaired) electrons. The SMILES string of the molecule is CNC(c1ccccc1SC)c1ccc(C)c(F)c1F. The zero-order chi connectivity index (χ0) is 14.7. The fourth-order valence-electron chi connectivity index (χ4n) is 2.27. The molecule has 0 aliphatic rings. The van der Waals surface area contributed by atoms with Crippen molar-refractivity contribution in [2.75, 3.05) is 13.3 Å². The number of rotatable bonds is 4. The third-order valence-electron chi connectivity index (χ3n) is 3.35. The van der Waals surface area contributed by atoms with E-state index in [1.54, 1.807) is 37.9 Å². The fraction of sp³-hybridized carbons (Fsp3) is 0.250. The van der Waals surface area contributed by atoms with Gasteiger partial charge in [-0.3, -0.25) is 0 Å². The van der Waals surface area contributed by atoms with Crippen LogP contribution in [0.25, 0.3) is 0 Å². The molecule has 0 aliphatic carbocycles. The van der Waals surface area contributed by atoms with Crippen LogP contribution in [0.4, 0.5) is 8.78 Å². The van der Waals surface area contributed by atoms with Crippen molar-refractivity contribution in [3.63, 3.8) is 0 Å². The van der Waals surface area contributed by atoms with Crippen molar-refractivity contribution in [1.82, 2.24) is 5.32 Å². The van der Waals surface area contributed by atoms with E-state index in [1.807, 2.05) is 30.5 Å². The van der Waals surface area contributed by atoms with Crippen molar-refractivity contribution in [2.24, 2.45) is 0 Å². The van der Waals surface area contributed by atoms with Gasteiger partial charge in [0.1, 0.15) is 0 Å². The lowest BCUT2D eigenvalue weighted by Gasteiger charge is -2.21. The molecule has 0 heterocycles. The molecule has 0 aliphatic heterocycles. The second-order valence-electron chi connectivity index (χ2n) is 4.56. The highest BCUT2D eigenvalue weighted by Gasteiger charge is 2.21. The van der Waals surface area contributed by atoms with Gasteiger partial charge in [0.15, 0.2) is 11.6 Å². The average molecular weight is 293 g/mol. The van der Waals surface area contributed by atoms with Crippen LogP contribution in [0, 0.1) is 18.6 Å². The molecule has 0 fully saturated rings. The molecule has 20 heavy (non-hydrogen) atoms. The van der Waals surface area contributed by atoms with Crippen LogP contribution in [0.15, 0.2) is 41.3 Å². The van der Waals surface area contributed by atoms with Crippen molar-refractivity contribution in [3.05, 3.63) is 64.7 Å². The Hall–Kier alpha value is -1.39. The Bertz CT molecular complexity index is 613. The molecular formula is C16H17F2NS. The summed E-state index contributed by atoms with van der Waals surface area (Å²) in [6.07, 6.45) is 1.97. The van der Waals surface area contributed by atoms with E-state index in [1.165, 1.54) is 0 Å². The molecule has 4 heteroatoms. The first-order chi connectivity index (χ1) is 9.60. The molecule has 0 saturated heterocycles. The molecule has 1 unspecified atom stereocenters. The minimum absolute atomic E-state index is 0.319. The summed E-state index contributed by atoms with van der Waals surface area (Å²) in [6.45, 7) is 1.56. The Morgan fingerprint density at radius 3 is 2.35 bits per heavy atom. The summed E-state index contributed by atoms with van der Waals surface area (Å²) < 4.78 is 28.0. The molecular weight excluding hydrogens is 276 g/mol. The molecule has 1 atom stereocenters. The maximum Gasteiger partial charge on any atom is 0.164 e. The standard InChI is InChI=1S/C16H17F2NS/c1-10-8-9-12(15(18)14(10)17)16(19-2)11-6-4-5-7-13(11)20-3/h4-9,16,19H,1-3H3. The summed E-state index contributed by atoms with van der Waals surface area (Å²) in [5.41, 5.74) is 1.60. The molecule has 0 spiro atoms. The molecule has 2 aromatic rings. The number of benzene rings is 2. The predicted molar refractivity (Wildman–Crippen MR) is 80.2 cm³/mol. The average Bonchev–Trinajstić information content (AvgIpc) is 2.48. The number of halogens is 2. The number of hydrogen-bond acceptors (Lipinski definition) is 2. The van der Waals surface area contributed by atoms with Gasteiger partial charge in [0.25, 0.3) is 0 Å². The number of nitrogens with one attached hydrogen (secondary N) is 1. The van der Waals surface area contributed by atoms with Gasteiger partial charge in [-0.15, -0.1) is 11.8 Å². The Morgan fingerprint density at radius 2 is 1.70 bits per heavy atom. The van der Waals surface area contributed by atoms with Gasteiger partial charge in [-0.2, -0.15) is 0 Å². The van der Waals surface area contributed by atoms with Crippen LogP contribution < -0.4 is 5.32 Å². The quantitative estimate of drug-likeness (QED) is 0.843. The lowest BCUT2D eigenvalue weighted by Crippen LogP contribution is -2.20. The van der Waals surface area contributed by atoms with E-state index >= 15 is 0 Å². The van der Waals surface area contributed by atoms with Crippen molar-refractivity contribution in [2.45, 2.75) is 17.9 Å². The third kappa shape index (κ3) is 2.72. The summed E-state index contributed by atoms with van der Waals surface area (Å²) in [5, 5.41) is 3.08. The Balaban J connectivity index is 2.56. The lowest BCUT2D eigenvalue weighted by molar-refractivity contribution is 0.481. The first-order valence-corrected chi connectivity index (χ1v) is 7.57. The molecule has 106 valence electrons. The fourth-order valence-corrected chi connectivity index (χ4v) is 2.90. The number of thioether (sulfide) groups is 1. The molecule has 0 saturated carbocycles. The predicted octanol–water partition coefficient (Wildman–Crippen LogP) is 4.30. The first kappa shape index (κ1) is 15.0. The maximum absolute atomic E-state index is 14.2. The topological polar surface area (TPSA) is 12.0 Å². The summed E-state index contributed by atoms with van der Waals surface area (Å²) in [7, 11) is 1.75. The molecule has 2 rings (SSSR count). The lowest BCUT2D eigenvalue weighted by atomic mass is 9.97. The Morgan fingerprint density at radius 1 is 1.00 bits per heavy atom. The van der Waals surface area contributed by atoms with Crippen LogP contribution in [-0.4, -0.2) is 13.3 Å². The van der Waals surface area contributed by atoms with Crippen LogP contribution >= 0.6 is 11.8 Å². The minimum atomic E-state index is -0.778. The van der Waals surface area contributed by atoms with Crippen LogP contribution in [0.5, 0.6) is 0 Å². The van der Waals surface area contributed by atoms with Gasteiger partial charge in [-0.1, -0.05) is 30.3 Å². The molecule has 1 nitrogen and oxygen atoms in total. The smallest absolute Gasteiger partial charge is 0.164 e. The van der Waals surface area contributed by atoms with E-state index in [0.29, 0.717) is 11.1 Å². The van der Waals surface area contributed by atoms with E-state index in [9.17, 15) is 8.78 Å². The van der Waals surface area contributed by atoms with Gasteiger partial charge in [0.2, 0.25) is 0 Å². The maximum atomic E-state index is 14.2. The van der Waals surface area contributed by atoms with Gasteiger partial charge in [0, 0.05) is 10.5 Å². The van der Waals surface area contributed by atoms with E-state index in [-0.39, 0.29) is 6.04 Å². The monoisotopic (exact) mass is 293 g/mol. The molecule has 0 bridgehead atoms. The molecule has 0 aromatic heterocycles. The number of hydrogen-bond donors (Lipinski definition) is 1. The number of aryl methyl sites for hydroxylation is 1. The highest BCUT2D eigenvalue weighted by molar-refractivity contribution is 7.98. The highest BCUT2D eigenvalue weighted by atomic mass is 32.2. The summed E-state index contributed by atoms with van der Waals surface area (Å²) in [5.74, 6) is -1.55. The van der Waals surface area contributed by atoms with Gasteiger partial charge in [-0.05, 0) is 37.4 Å². The van der Waals surface area contributed by atoms with Gasteiger partial charge >= 0.3 is 0 Å². The molecule has 0 amide bonds. The van der Waals surface area contributed by atoms with Crippen LogP contribution in [0.2, 0.25) is 0 Å². The largest absolute Gasteiger partial charge is 0.309 e. The van der Waals surface area contributed by atoms with Crippen molar-refractivity contribution >= 4 is 11.8 Å². The normalized spacial score (nSPS) is 12.4. The Kier molecular flexibility index (Phi) is 4.78. The second-order valence-corrected chi connectivity index (χ2v) is 5.41. The van der Waals surface area contributed by atoms with Crippen LogP contribution in [0.3, 0.4) is 0 Å². The summed E-state index contributed by atoms with van der Waals surface area (Å²) >= 11 is 1.59. The zero-order valence-corrected chi connectivity index (χ0v) is 12.5. The summed E-state index contributed by atoms with van der Waals surface area (Å²) in [6, 6.07) is 10.6. The van der Waals surface area contributed by atoms with Crippen LogP contribution in [-0.2, 0) is 0 Å². The minimum Gasteiger partial charge on any atom is -0.309 e. The van der Waals surface area contributed by atoms with E-state index in [0.717, 1.165) is 10.5 Å². The Labute approximate surface area is 122 Å². The highest BCUT2D eigenvalue weighted by Crippen LogP contribution is 2.32. The zero-order valence-electron chi connectivity index (χ0n) is 11.7. The first-order valence-electron chi connectivity index (χ1n) is 6.34. The van der Waals surface area contributed by atoms with Crippen LogP contribution in [0.1, 0.15) is 22.7 Å². The van der Waals surface area contributed by atoms with Gasteiger partial charge in [-0.25, -0.2) is 8.78 Å². The summed E-state index contributed by atoms with van der Waals surface area (Å²) in [4.78, 5) is 1.05. The van der Waals surface area contributed by atoms with Gasteiger partial charge < -0.3 is 5.32 Å². The van der Waals surface area contributed by atoms with E-state index in [4.69, 9.17) is 0 Å². The molecule has 2 aromatic carbocycles. The molecule has 1 N–H and O–H groups in total. The van der Waals surface area contributed by atoms with E-state index < -0.39 is 11.6 Å². The van der Waals surface area contributed by atoms with Crippen molar-refractivity contribution < 1.29 is 8.78 Å². The third-order valence-corrected chi connectivity index (χ3v) is 4.17. The van der Waals surface area contributed by atoms with Crippen molar-refractivity contribution in [3.8, 4) is 0 Å². The van der Waals surface area contributed by atoms with Gasteiger partial charge in [0.05, 0.1) is 6.04 Å². The van der Waals surface area contributed by atoms with E-state index in [2.05, 4.69) is 5.32 Å².